The van der Waals surface area contributed by atoms with Crippen LogP contribution in [0.2, 0.25) is 0 Å². The molecule has 3 nitrogen and oxygen atoms in total. The van der Waals surface area contributed by atoms with Crippen LogP contribution in [0.1, 0.15) is 24.8 Å². The first-order valence-corrected chi connectivity index (χ1v) is 4.68. The molecule has 0 amide bonds. The van der Waals surface area contributed by atoms with E-state index < -0.39 is 0 Å². The van der Waals surface area contributed by atoms with Gasteiger partial charge in [-0.1, -0.05) is 13.0 Å². The Balaban J connectivity index is 2.38. The molecule has 2 aromatic rings. The minimum absolute atomic E-state index is 0.284. The van der Waals surface area contributed by atoms with E-state index in [9.17, 15) is 4.79 Å². The average molecular weight is 188 g/mol. The van der Waals surface area contributed by atoms with Gasteiger partial charge in [0.1, 0.15) is 6.29 Å². The summed E-state index contributed by atoms with van der Waals surface area (Å²) in [5, 5.41) is 7.95. The number of aromatic nitrogens is 2. The molecule has 0 aliphatic rings. The Morgan fingerprint density at radius 1 is 1.57 bits per heavy atom. The van der Waals surface area contributed by atoms with E-state index in [1.165, 1.54) is 5.56 Å². The number of carbonyl (C=O) groups is 1. The molecule has 0 aliphatic heterocycles. The Morgan fingerprint density at radius 2 is 2.43 bits per heavy atom. The van der Waals surface area contributed by atoms with Crippen molar-refractivity contribution in [2.75, 3.05) is 0 Å². The summed E-state index contributed by atoms with van der Waals surface area (Å²) in [6.45, 7) is 2.05. The molecular weight excluding hydrogens is 176 g/mol. The van der Waals surface area contributed by atoms with Gasteiger partial charge in [0.15, 0.2) is 0 Å². The van der Waals surface area contributed by atoms with E-state index in [0.29, 0.717) is 6.42 Å². The van der Waals surface area contributed by atoms with Crippen LogP contribution in [0, 0.1) is 0 Å². The second-order valence-electron chi connectivity index (χ2n) is 3.52. The van der Waals surface area contributed by atoms with E-state index in [-0.39, 0.29) is 5.92 Å². The minimum Gasteiger partial charge on any atom is -0.303 e. The van der Waals surface area contributed by atoms with E-state index in [1.807, 2.05) is 12.1 Å². The van der Waals surface area contributed by atoms with Gasteiger partial charge in [-0.05, 0) is 23.6 Å². The Hall–Kier alpha value is -1.64. The summed E-state index contributed by atoms with van der Waals surface area (Å²) in [6, 6.07) is 6.11. The number of aldehydes is 1. The molecule has 0 radical (unpaired) electrons. The Labute approximate surface area is 82.1 Å². The first-order valence-electron chi connectivity index (χ1n) is 4.68. The van der Waals surface area contributed by atoms with Crippen molar-refractivity contribution in [2.24, 2.45) is 0 Å². The normalized spacial score (nSPS) is 12.9. The molecule has 1 aromatic carbocycles. The first kappa shape index (κ1) is 8.94. The van der Waals surface area contributed by atoms with Crippen LogP contribution in [0.15, 0.2) is 24.4 Å². The van der Waals surface area contributed by atoms with E-state index in [4.69, 9.17) is 0 Å². The summed E-state index contributed by atoms with van der Waals surface area (Å²) in [4.78, 5) is 10.4. The van der Waals surface area contributed by atoms with Crippen LogP contribution in [0.25, 0.3) is 10.9 Å². The van der Waals surface area contributed by atoms with Gasteiger partial charge in [-0.15, -0.1) is 0 Å². The maximum absolute atomic E-state index is 10.4. The third kappa shape index (κ3) is 1.53. The summed E-state index contributed by atoms with van der Waals surface area (Å²) in [5.74, 6) is 0.284. The Kier molecular flexibility index (Phi) is 2.31. The largest absolute Gasteiger partial charge is 0.303 e. The van der Waals surface area contributed by atoms with Crippen molar-refractivity contribution >= 4 is 17.2 Å². The molecule has 0 spiro atoms. The number of carbonyl (C=O) groups excluding carboxylic acids is 1. The van der Waals surface area contributed by atoms with Gasteiger partial charge in [-0.25, -0.2) is 0 Å². The summed E-state index contributed by atoms with van der Waals surface area (Å²) >= 11 is 0. The lowest BCUT2D eigenvalue weighted by Crippen LogP contribution is -1.93. The van der Waals surface area contributed by atoms with E-state index in [1.54, 1.807) is 6.20 Å². The molecular formula is C11H12N2O. The molecule has 1 atom stereocenters. The fourth-order valence-corrected chi connectivity index (χ4v) is 1.55. The third-order valence-electron chi connectivity index (χ3n) is 2.48. The molecule has 1 N–H and O–H groups in total. The highest BCUT2D eigenvalue weighted by Gasteiger charge is 2.05. The number of H-pyrrole nitrogens is 1. The number of rotatable bonds is 3. The van der Waals surface area contributed by atoms with Gasteiger partial charge in [0, 0.05) is 11.8 Å². The van der Waals surface area contributed by atoms with E-state index in [2.05, 4.69) is 23.2 Å². The van der Waals surface area contributed by atoms with Gasteiger partial charge in [0.05, 0.1) is 11.7 Å². The van der Waals surface area contributed by atoms with Gasteiger partial charge >= 0.3 is 0 Å². The van der Waals surface area contributed by atoms with Crippen LogP contribution in [0.3, 0.4) is 0 Å². The van der Waals surface area contributed by atoms with E-state index in [0.717, 1.165) is 17.2 Å². The second-order valence-corrected chi connectivity index (χ2v) is 3.52. The van der Waals surface area contributed by atoms with Crippen molar-refractivity contribution in [1.29, 1.82) is 0 Å². The molecule has 0 saturated carbocycles. The summed E-state index contributed by atoms with van der Waals surface area (Å²) < 4.78 is 0. The van der Waals surface area contributed by atoms with Gasteiger partial charge in [0.2, 0.25) is 0 Å². The standard InChI is InChI=1S/C11H12N2O/c1-8(4-5-14)9-2-3-11-10(6-9)7-12-13-11/h2-3,5-8H,4H2,1H3,(H,12,13). The van der Waals surface area contributed by atoms with Crippen LogP contribution >= 0.6 is 0 Å². The molecule has 0 fully saturated rings. The lowest BCUT2D eigenvalue weighted by atomic mass is 9.97. The van der Waals surface area contributed by atoms with Gasteiger partial charge in [-0.2, -0.15) is 5.10 Å². The van der Waals surface area contributed by atoms with Crippen molar-refractivity contribution in [1.82, 2.24) is 10.2 Å². The Morgan fingerprint density at radius 3 is 3.21 bits per heavy atom. The van der Waals surface area contributed by atoms with Crippen molar-refractivity contribution in [3.8, 4) is 0 Å². The molecule has 2 rings (SSSR count). The zero-order valence-corrected chi connectivity index (χ0v) is 8.03. The van der Waals surface area contributed by atoms with Crippen LogP contribution in [-0.2, 0) is 4.79 Å². The molecule has 0 bridgehead atoms. The van der Waals surface area contributed by atoms with E-state index >= 15 is 0 Å². The average Bonchev–Trinajstić information content (AvgIpc) is 2.64. The highest BCUT2D eigenvalue weighted by Crippen LogP contribution is 2.21. The number of fused-ring (bicyclic) bond motifs is 1. The number of nitrogens with one attached hydrogen (secondary N) is 1. The number of hydrogen-bond acceptors (Lipinski definition) is 2. The minimum atomic E-state index is 0.284. The fraction of sp³-hybridized carbons (Fsp3) is 0.273. The second kappa shape index (κ2) is 3.62. The molecule has 0 aliphatic carbocycles. The molecule has 72 valence electrons. The fourth-order valence-electron chi connectivity index (χ4n) is 1.55. The summed E-state index contributed by atoms with van der Waals surface area (Å²) in [7, 11) is 0. The predicted molar refractivity (Wildman–Crippen MR) is 55.2 cm³/mol. The monoisotopic (exact) mass is 188 g/mol. The van der Waals surface area contributed by atoms with Gasteiger partial charge in [-0.3, -0.25) is 5.10 Å². The molecule has 14 heavy (non-hydrogen) atoms. The van der Waals surface area contributed by atoms with Crippen molar-refractivity contribution < 1.29 is 4.79 Å². The number of aromatic amines is 1. The maximum atomic E-state index is 10.4. The molecule has 1 unspecified atom stereocenters. The lowest BCUT2D eigenvalue weighted by Gasteiger charge is -2.07. The number of hydrogen-bond donors (Lipinski definition) is 1. The summed E-state index contributed by atoms with van der Waals surface area (Å²) in [6.07, 6.45) is 3.33. The number of benzene rings is 1. The quantitative estimate of drug-likeness (QED) is 0.751. The predicted octanol–water partition coefficient (Wildman–Crippen LogP) is 2.26. The van der Waals surface area contributed by atoms with Crippen LogP contribution in [0.5, 0.6) is 0 Å². The molecule has 0 saturated heterocycles. The third-order valence-corrected chi connectivity index (χ3v) is 2.48. The summed E-state index contributed by atoms with van der Waals surface area (Å²) in [5.41, 5.74) is 2.22. The van der Waals surface area contributed by atoms with Crippen molar-refractivity contribution in [2.45, 2.75) is 19.3 Å². The van der Waals surface area contributed by atoms with Crippen LogP contribution < -0.4 is 0 Å². The van der Waals surface area contributed by atoms with Gasteiger partial charge in [0.25, 0.3) is 0 Å². The number of nitrogens with zero attached hydrogens (tertiary/aromatic N) is 1. The van der Waals surface area contributed by atoms with Crippen LogP contribution in [-0.4, -0.2) is 16.5 Å². The van der Waals surface area contributed by atoms with Gasteiger partial charge < -0.3 is 4.79 Å². The molecule has 1 heterocycles. The zero-order valence-electron chi connectivity index (χ0n) is 8.03. The zero-order chi connectivity index (χ0) is 9.97. The van der Waals surface area contributed by atoms with Crippen LogP contribution in [0.4, 0.5) is 0 Å². The maximum Gasteiger partial charge on any atom is 0.120 e. The molecule has 1 aromatic heterocycles. The highest BCUT2D eigenvalue weighted by molar-refractivity contribution is 5.78. The SMILES string of the molecule is CC(CC=O)c1ccc2[nH]ncc2c1. The molecule has 3 heteroatoms. The highest BCUT2D eigenvalue weighted by atomic mass is 16.1. The van der Waals surface area contributed by atoms with Crippen molar-refractivity contribution in [3.05, 3.63) is 30.0 Å². The smallest absolute Gasteiger partial charge is 0.120 e. The van der Waals surface area contributed by atoms with Crippen molar-refractivity contribution in [3.63, 3.8) is 0 Å². The lowest BCUT2D eigenvalue weighted by molar-refractivity contribution is -0.108. The topological polar surface area (TPSA) is 45.8 Å². The first-order chi connectivity index (χ1) is 6.81. The Bertz CT molecular complexity index is 447.